The molecule has 9 heteroatoms. The standard InChI is InChI=1S/C15H19BrN4O2S2/c1-11(2)14-17-18-15(23-14)19-7-9-20(10-8-19)24(21,22)13-5-3-12(16)4-6-13/h3-6,11H,7-10H2,1-2H3. The van der Waals surface area contributed by atoms with Crippen LogP contribution in [0.2, 0.25) is 0 Å². The minimum atomic E-state index is -3.44. The number of anilines is 1. The average Bonchev–Trinajstić information content (AvgIpc) is 3.06. The molecule has 0 spiro atoms. The number of nitrogens with zero attached hydrogens (tertiary/aromatic N) is 4. The van der Waals surface area contributed by atoms with Gasteiger partial charge < -0.3 is 4.90 Å². The Morgan fingerprint density at radius 1 is 1.08 bits per heavy atom. The van der Waals surface area contributed by atoms with Crippen LogP contribution in [0.1, 0.15) is 24.8 Å². The van der Waals surface area contributed by atoms with Crippen LogP contribution in [0.5, 0.6) is 0 Å². The largest absolute Gasteiger partial charge is 0.344 e. The zero-order valence-corrected chi connectivity index (χ0v) is 16.7. The van der Waals surface area contributed by atoms with Gasteiger partial charge in [0.2, 0.25) is 15.2 Å². The average molecular weight is 431 g/mol. The molecule has 0 atom stereocenters. The van der Waals surface area contributed by atoms with E-state index in [0.717, 1.165) is 14.6 Å². The molecule has 1 fully saturated rings. The van der Waals surface area contributed by atoms with Gasteiger partial charge in [0.15, 0.2) is 0 Å². The SMILES string of the molecule is CC(C)c1nnc(N2CCN(S(=O)(=O)c3ccc(Br)cc3)CC2)s1. The lowest BCUT2D eigenvalue weighted by atomic mass is 10.2. The zero-order chi connectivity index (χ0) is 17.3. The van der Waals surface area contributed by atoms with Crippen molar-refractivity contribution in [1.82, 2.24) is 14.5 Å². The third-order valence-electron chi connectivity index (χ3n) is 3.88. The van der Waals surface area contributed by atoms with Gasteiger partial charge in [-0.2, -0.15) is 4.31 Å². The van der Waals surface area contributed by atoms with E-state index in [4.69, 9.17) is 0 Å². The lowest BCUT2D eigenvalue weighted by Gasteiger charge is -2.33. The van der Waals surface area contributed by atoms with Crippen LogP contribution in [0.25, 0.3) is 0 Å². The van der Waals surface area contributed by atoms with Crippen molar-refractivity contribution in [3.63, 3.8) is 0 Å². The monoisotopic (exact) mass is 430 g/mol. The van der Waals surface area contributed by atoms with Crippen molar-refractivity contribution in [3.05, 3.63) is 33.7 Å². The zero-order valence-electron chi connectivity index (χ0n) is 13.5. The highest BCUT2D eigenvalue weighted by atomic mass is 79.9. The van der Waals surface area contributed by atoms with Crippen molar-refractivity contribution >= 4 is 42.4 Å². The van der Waals surface area contributed by atoms with Gasteiger partial charge in [-0.1, -0.05) is 41.1 Å². The molecule has 1 aromatic carbocycles. The lowest BCUT2D eigenvalue weighted by Crippen LogP contribution is -2.48. The van der Waals surface area contributed by atoms with E-state index in [-0.39, 0.29) is 0 Å². The molecule has 0 saturated carbocycles. The van der Waals surface area contributed by atoms with Crippen LogP contribution >= 0.6 is 27.3 Å². The summed E-state index contributed by atoms with van der Waals surface area (Å²) >= 11 is 4.91. The Balaban J connectivity index is 1.68. The molecule has 2 heterocycles. The summed E-state index contributed by atoms with van der Waals surface area (Å²) in [5.74, 6) is 0.357. The van der Waals surface area contributed by atoms with Gasteiger partial charge in [-0.25, -0.2) is 8.42 Å². The first-order valence-corrected chi connectivity index (χ1v) is 10.8. The molecule has 1 aromatic heterocycles. The van der Waals surface area contributed by atoms with E-state index in [9.17, 15) is 8.42 Å². The number of aromatic nitrogens is 2. The Kier molecular flexibility index (Phi) is 5.24. The van der Waals surface area contributed by atoms with Crippen LogP contribution in [-0.2, 0) is 10.0 Å². The van der Waals surface area contributed by atoms with Crippen molar-refractivity contribution in [1.29, 1.82) is 0 Å². The van der Waals surface area contributed by atoms with E-state index in [2.05, 4.69) is 44.9 Å². The fourth-order valence-corrected chi connectivity index (χ4v) is 5.05. The minimum absolute atomic E-state index is 0.331. The molecule has 2 aromatic rings. The maximum atomic E-state index is 12.7. The van der Waals surface area contributed by atoms with E-state index in [1.807, 2.05) is 0 Å². The van der Waals surface area contributed by atoms with Crippen molar-refractivity contribution < 1.29 is 8.42 Å². The van der Waals surface area contributed by atoms with Crippen molar-refractivity contribution in [3.8, 4) is 0 Å². The van der Waals surface area contributed by atoms with Gasteiger partial charge in [-0.15, -0.1) is 10.2 Å². The van der Waals surface area contributed by atoms with Crippen LogP contribution < -0.4 is 4.90 Å². The summed E-state index contributed by atoms with van der Waals surface area (Å²) in [4.78, 5) is 2.44. The van der Waals surface area contributed by atoms with Crippen LogP contribution in [-0.4, -0.2) is 49.1 Å². The molecular weight excluding hydrogens is 412 g/mol. The molecule has 1 saturated heterocycles. The highest BCUT2D eigenvalue weighted by Gasteiger charge is 2.29. The van der Waals surface area contributed by atoms with E-state index >= 15 is 0 Å². The summed E-state index contributed by atoms with van der Waals surface area (Å²) in [7, 11) is -3.44. The number of sulfonamides is 1. The van der Waals surface area contributed by atoms with E-state index < -0.39 is 10.0 Å². The van der Waals surface area contributed by atoms with Gasteiger partial charge in [0, 0.05) is 36.6 Å². The maximum absolute atomic E-state index is 12.7. The molecule has 0 amide bonds. The van der Waals surface area contributed by atoms with E-state index in [1.165, 1.54) is 4.31 Å². The molecule has 0 N–H and O–H groups in total. The highest BCUT2D eigenvalue weighted by molar-refractivity contribution is 9.10. The Morgan fingerprint density at radius 2 is 1.71 bits per heavy atom. The van der Waals surface area contributed by atoms with Crippen LogP contribution in [0, 0.1) is 0 Å². The van der Waals surface area contributed by atoms with Gasteiger partial charge in [0.1, 0.15) is 5.01 Å². The molecule has 0 radical (unpaired) electrons. The van der Waals surface area contributed by atoms with E-state index in [0.29, 0.717) is 37.0 Å². The molecule has 1 aliphatic heterocycles. The van der Waals surface area contributed by atoms with Gasteiger partial charge in [0.05, 0.1) is 4.90 Å². The van der Waals surface area contributed by atoms with Gasteiger partial charge in [-0.3, -0.25) is 0 Å². The molecule has 1 aliphatic rings. The molecule has 130 valence electrons. The second-order valence-electron chi connectivity index (χ2n) is 5.92. The number of hydrogen-bond acceptors (Lipinski definition) is 6. The predicted molar refractivity (Wildman–Crippen MR) is 99.1 cm³/mol. The summed E-state index contributed by atoms with van der Waals surface area (Å²) in [5, 5.41) is 10.3. The quantitative estimate of drug-likeness (QED) is 0.745. The van der Waals surface area contributed by atoms with Crippen molar-refractivity contribution in [2.24, 2.45) is 0 Å². The van der Waals surface area contributed by atoms with Gasteiger partial charge in [0.25, 0.3) is 0 Å². The molecule has 3 rings (SSSR count). The smallest absolute Gasteiger partial charge is 0.243 e. The summed E-state index contributed by atoms with van der Waals surface area (Å²) < 4.78 is 27.8. The number of hydrogen-bond donors (Lipinski definition) is 0. The Bertz CT molecular complexity index is 797. The van der Waals surface area contributed by atoms with Gasteiger partial charge >= 0.3 is 0 Å². The third kappa shape index (κ3) is 3.63. The van der Waals surface area contributed by atoms with E-state index in [1.54, 1.807) is 35.6 Å². The van der Waals surface area contributed by atoms with Gasteiger partial charge in [-0.05, 0) is 24.3 Å². The molecule has 0 unspecified atom stereocenters. The summed E-state index contributed by atoms with van der Waals surface area (Å²) in [6.45, 7) is 6.34. The number of rotatable bonds is 4. The molecule has 0 bridgehead atoms. The Labute approximate surface area is 154 Å². The molecule has 0 aliphatic carbocycles. The van der Waals surface area contributed by atoms with Crippen molar-refractivity contribution in [2.45, 2.75) is 24.7 Å². The Hall–Kier alpha value is -1.03. The van der Waals surface area contributed by atoms with Crippen molar-refractivity contribution in [2.75, 3.05) is 31.1 Å². The number of benzene rings is 1. The highest BCUT2D eigenvalue weighted by Crippen LogP contribution is 2.27. The molecular formula is C15H19BrN4O2S2. The number of halogens is 1. The minimum Gasteiger partial charge on any atom is -0.344 e. The van der Waals surface area contributed by atoms with Crippen LogP contribution in [0.3, 0.4) is 0 Å². The van der Waals surface area contributed by atoms with Crippen LogP contribution in [0.15, 0.2) is 33.6 Å². The fraction of sp³-hybridized carbons (Fsp3) is 0.467. The first-order chi connectivity index (χ1) is 11.4. The Morgan fingerprint density at radius 3 is 2.25 bits per heavy atom. The maximum Gasteiger partial charge on any atom is 0.243 e. The fourth-order valence-electron chi connectivity index (χ4n) is 2.46. The van der Waals surface area contributed by atoms with Crippen LogP contribution in [0.4, 0.5) is 5.13 Å². The normalized spacial score (nSPS) is 16.8. The first kappa shape index (κ1) is 17.8. The topological polar surface area (TPSA) is 66.4 Å². The predicted octanol–water partition coefficient (Wildman–Crippen LogP) is 2.93. The summed E-state index contributed by atoms with van der Waals surface area (Å²) in [6.07, 6.45) is 0. The summed E-state index contributed by atoms with van der Waals surface area (Å²) in [5.41, 5.74) is 0. The number of piperazine rings is 1. The first-order valence-electron chi connectivity index (χ1n) is 7.72. The molecule has 6 nitrogen and oxygen atoms in total. The lowest BCUT2D eigenvalue weighted by molar-refractivity contribution is 0.384. The molecule has 24 heavy (non-hydrogen) atoms. The third-order valence-corrected chi connectivity index (χ3v) is 7.61. The second-order valence-corrected chi connectivity index (χ2v) is 9.76. The summed E-state index contributed by atoms with van der Waals surface area (Å²) in [6, 6.07) is 6.76. The second kappa shape index (κ2) is 7.07.